The minimum absolute atomic E-state index is 0.00530. The lowest BCUT2D eigenvalue weighted by Crippen LogP contribution is -2.47. The van der Waals surface area contributed by atoms with Gasteiger partial charge < -0.3 is 19.6 Å². The van der Waals surface area contributed by atoms with Crippen LogP contribution in [0.3, 0.4) is 0 Å². The number of carbonyl (C=O) groups is 3. The molecule has 0 aliphatic carbocycles. The lowest BCUT2D eigenvalue weighted by Gasteiger charge is -2.35. The summed E-state index contributed by atoms with van der Waals surface area (Å²) in [6.45, 7) is 6.68. The maximum absolute atomic E-state index is 14.3. The Hall–Kier alpha value is -3.56. The Morgan fingerprint density at radius 3 is 2.30 bits per heavy atom. The molecule has 0 saturated carbocycles. The van der Waals surface area contributed by atoms with Gasteiger partial charge >= 0.3 is 12.1 Å². The van der Waals surface area contributed by atoms with E-state index in [4.69, 9.17) is 9.84 Å². The molecule has 43 heavy (non-hydrogen) atoms. The van der Waals surface area contributed by atoms with Crippen LogP contribution in [0.15, 0.2) is 42.5 Å². The van der Waals surface area contributed by atoms with Gasteiger partial charge in [0.1, 0.15) is 5.75 Å². The number of carboxylic acid groups (broad SMARTS) is 1. The predicted octanol–water partition coefficient (Wildman–Crippen LogP) is 6.31. The first-order chi connectivity index (χ1) is 20.2. The fourth-order valence-electron chi connectivity index (χ4n) is 6.29. The maximum Gasteiger partial charge on any atom is 0.416 e. The number of methoxy groups -OCH3 is 1. The second kappa shape index (κ2) is 13.0. The molecule has 1 fully saturated rings. The molecule has 2 aromatic carbocycles. The summed E-state index contributed by atoms with van der Waals surface area (Å²) < 4.78 is 47.6. The van der Waals surface area contributed by atoms with Crippen LogP contribution in [0.4, 0.5) is 13.2 Å². The van der Waals surface area contributed by atoms with Crippen LogP contribution >= 0.6 is 0 Å². The number of ether oxygens (including phenoxy) is 1. The third-order valence-electron chi connectivity index (χ3n) is 9.16. The number of hydrogen-bond acceptors (Lipinski definition) is 4. The van der Waals surface area contributed by atoms with Gasteiger partial charge in [-0.05, 0) is 59.9 Å². The van der Waals surface area contributed by atoms with Crippen molar-refractivity contribution in [3.8, 4) is 5.75 Å². The molecule has 4 rings (SSSR count). The largest absolute Gasteiger partial charge is 0.496 e. The van der Waals surface area contributed by atoms with Crippen molar-refractivity contribution >= 4 is 17.8 Å². The summed E-state index contributed by atoms with van der Waals surface area (Å²) in [4.78, 5) is 42.2. The first-order valence-electron chi connectivity index (χ1n) is 14.9. The lowest BCUT2D eigenvalue weighted by molar-refractivity contribution is -0.143. The van der Waals surface area contributed by atoms with Gasteiger partial charge in [-0.1, -0.05) is 51.5 Å². The Balaban J connectivity index is 1.77. The van der Waals surface area contributed by atoms with Crippen molar-refractivity contribution in [3.63, 3.8) is 0 Å². The average Bonchev–Trinajstić information content (AvgIpc) is 3.07. The summed E-state index contributed by atoms with van der Waals surface area (Å²) in [6.07, 6.45) is -2.22. The Bertz CT molecular complexity index is 1330. The van der Waals surface area contributed by atoms with Crippen LogP contribution in [0.2, 0.25) is 0 Å². The van der Waals surface area contributed by atoms with E-state index in [1.54, 1.807) is 29.2 Å². The van der Waals surface area contributed by atoms with Gasteiger partial charge in [0.25, 0.3) is 0 Å². The van der Waals surface area contributed by atoms with E-state index in [9.17, 15) is 27.6 Å². The van der Waals surface area contributed by atoms with Crippen molar-refractivity contribution in [2.24, 2.45) is 11.3 Å². The second-order valence-corrected chi connectivity index (χ2v) is 12.6. The van der Waals surface area contributed by atoms with Gasteiger partial charge in [-0.15, -0.1) is 0 Å². The van der Waals surface area contributed by atoms with Crippen molar-refractivity contribution in [2.45, 2.75) is 70.9 Å². The number of fused-ring (bicyclic) bond motifs is 1. The maximum atomic E-state index is 14.3. The van der Waals surface area contributed by atoms with Crippen molar-refractivity contribution in [1.29, 1.82) is 0 Å². The number of alkyl halides is 3. The van der Waals surface area contributed by atoms with Crippen molar-refractivity contribution in [3.05, 3.63) is 64.7 Å². The Labute approximate surface area is 251 Å². The number of carboxylic acids is 1. The highest BCUT2D eigenvalue weighted by molar-refractivity contribution is 5.90. The molecule has 2 heterocycles. The number of amides is 2. The number of aliphatic carboxylic acids is 1. The summed E-state index contributed by atoms with van der Waals surface area (Å²) in [7, 11) is 1.50. The standard InChI is InChI=1S/C33H41F3N2O5/c1-5-32(2,3)18-26-23-11-10-22(33(34,35)36)17-25(23)27(24-8-6-7-9-28(24)43-4)19-38(31(26)42)20-29(39)37-14-12-21(13-15-37)16-30(40)41/h6-11,17,21,26-27H,5,12-16,18-20H2,1-4H3,(H,40,41). The third kappa shape index (κ3) is 7.51. The molecule has 1 N–H and O–H groups in total. The van der Waals surface area contributed by atoms with Crippen LogP contribution in [-0.4, -0.2) is 66.0 Å². The van der Waals surface area contributed by atoms with Gasteiger partial charge in [0.15, 0.2) is 0 Å². The number of piperidine rings is 1. The number of rotatable bonds is 9. The Morgan fingerprint density at radius 1 is 1.02 bits per heavy atom. The topological polar surface area (TPSA) is 87.2 Å². The summed E-state index contributed by atoms with van der Waals surface area (Å²) >= 11 is 0. The fourth-order valence-corrected chi connectivity index (χ4v) is 6.29. The highest BCUT2D eigenvalue weighted by Gasteiger charge is 2.41. The normalized spacial score (nSPS) is 20.0. The quantitative estimate of drug-likeness (QED) is 0.364. The van der Waals surface area contributed by atoms with E-state index in [1.807, 2.05) is 20.8 Å². The Morgan fingerprint density at radius 2 is 1.70 bits per heavy atom. The van der Waals surface area contributed by atoms with Crippen molar-refractivity contribution in [1.82, 2.24) is 9.80 Å². The van der Waals surface area contributed by atoms with E-state index in [1.165, 1.54) is 18.1 Å². The zero-order valence-corrected chi connectivity index (χ0v) is 25.2. The Kier molecular flexibility index (Phi) is 9.76. The van der Waals surface area contributed by atoms with Crippen LogP contribution in [0.25, 0.3) is 0 Å². The summed E-state index contributed by atoms with van der Waals surface area (Å²) in [5.74, 6) is -2.32. The number of hydrogen-bond donors (Lipinski definition) is 1. The third-order valence-corrected chi connectivity index (χ3v) is 9.16. The molecule has 234 valence electrons. The smallest absolute Gasteiger partial charge is 0.416 e. The molecule has 0 spiro atoms. The summed E-state index contributed by atoms with van der Waals surface area (Å²) in [5, 5.41) is 9.13. The minimum atomic E-state index is -4.57. The summed E-state index contributed by atoms with van der Waals surface area (Å²) in [5.41, 5.74) is 0.516. The van der Waals surface area contributed by atoms with Crippen LogP contribution in [0.1, 0.15) is 87.0 Å². The van der Waals surface area contributed by atoms with Crippen molar-refractivity contribution in [2.75, 3.05) is 33.3 Å². The molecule has 0 radical (unpaired) electrons. The molecule has 1 saturated heterocycles. The number of para-hydroxylation sites is 1. The summed E-state index contributed by atoms with van der Waals surface area (Å²) in [6, 6.07) is 10.7. The van der Waals surface area contributed by atoms with E-state index >= 15 is 0 Å². The molecule has 2 amide bonds. The molecular formula is C33H41F3N2O5. The minimum Gasteiger partial charge on any atom is -0.496 e. The number of nitrogens with zero attached hydrogens (tertiary/aromatic N) is 2. The van der Waals surface area contributed by atoms with E-state index in [0.29, 0.717) is 54.8 Å². The van der Waals surface area contributed by atoms with E-state index in [2.05, 4.69) is 0 Å². The van der Waals surface area contributed by atoms with Gasteiger partial charge in [0.05, 0.1) is 25.1 Å². The first kappa shape index (κ1) is 32.4. The first-order valence-corrected chi connectivity index (χ1v) is 14.9. The van der Waals surface area contributed by atoms with Crippen LogP contribution in [0.5, 0.6) is 5.75 Å². The molecular weight excluding hydrogens is 561 g/mol. The van der Waals surface area contributed by atoms with Crippen molar-refractivity contribution < 1.29 is 37.4 Å². The monoisotopic (exact) mass is 602 g/mol. The second-order valence-electron chi connectivity index (χ2n) is 12.6. The average molecular weight is 603 g/mol. The zero-order valence-electron chi connectivity index (χ0n) is 25.2. The molecule has 10 heteroatoms. The number of carbonyl (C=O) groups excluding carboxylic acids is 2. The molecule has 2 aliphatic rings. The number of benzene rings is 2. The SMILES string of the molecule is CCC(C)(C)CC1C(=O)N(CC(=O)N2CCC(CC(=O)O)CC2)CC(c2ccccc2OC)c2cc(C(F)(F)F)ccc21. The van der Waals surface area contributed by atoms with Crippen LogP contribution < -0.4 is 4.74 Å². The molecule has 2 unspecified atom stereocenters. The molecule has 0 aromatic heterocycles. The molecule has 7 nitrogen and oxygen atoms in total. The van der Waals surface area contributed by atoms with Gasteiger partial charge in [-0.2, -0.15) is 13.2 Å². The number of halogens is 3. The van der Waals surface area contributed by atoms with E-state index in [-0.39, 0.29) is 42.7 Å². The number of likely N-dealkylation sites (tertiary alicyclic amines) is 1. The van der Waals surface area contributed by atoms with E-state index < -0.39 is 29.5 Å². The van der Waals surface area contributed by atoms with Gasteiger partial charge in [0.2, 0.25) is 11.8 Å². The molecule has 2 atom stereocenters. The lowest BCUT2D eigenvalue weighted by atomic mass is 9.75. The van der Waals surface area contributed by atoms with Crippen LogP contribution in [-0.2, 0) is 20.6 Å². The molecule has 2 aliphatic heterocycles. The molecule has 0 bridgehead atoms. The highest BCUT2D eigenvalue weighted by atomic mass is 19.4. The fraction of sp³-hybridized carbons (Fsp3) is 0.545. The van der Waals surface area contributed by atoms with Gasteiger partial charge in [-0.3, -0.25) is 14.4 Å². The van der Waals surface area contributed by atoms with Gasteiger partial charge in [0, 0.05) is 37.5 Å². The zero-order chi connectivity index (χ0) is 31.5. The molecule has 2 aromatic rings. The van der Waals surface area contributed by atoms with Gasteiger partial charge in [-0.25, -0.2) is 0 Å². The predicted molar refractivity (Wildman–Crippen MR) is 156 cm³/mol. The van der Waals surface area contributed by atoms with Crippen LogP contribution in [0, 0.1) is 11.3 Å². The van der Waals surface area contributed by atoms with E-state index in [0.717, 1.165) is 18.6 Å². The highest BCUT2D eigenvalue weighted by Crippen LogP contribution is 2.45.